The molecule has 1 rings (SSSR count). The molecule has 0 aromatic carbocycles. The van der Waals surface area contributed by atoms with Gasteiger partial charge in [-0.05, 0) is 12.5 Å². The average molecular weight is 279 g/mol. The molecule has 17 heavy (non-hydrogen) atoms. The predicted molar refractivity (Wildman–Crippen MR) is 62.8 cm³/mol. The fourth-order valence-corrected chi connectivity index (χ4v) is 3.19. The second-order valence-corrected chi connectivity index (χ2v) is 6.04. The van der Waals surface area contributed by atoms with Crippen molar-refractivity contribution in [2.45, 2.75) is 24.3 Å². The Morgan fingerprint density at radius 3 is 2.71 bits per heavy atom. The summed E-state index contributed by atoms with van der Waals surface area (Å²) in [6.07, 6.45) is -0.311. The number of carboxylic acid groups (broad SMARTS) is 1. The molecule has 0 amide bonds. The Morgan fingerprint density at radius 2 is 2.24 bits per heavy atom. The van der Waals surface area contributed by atoms with E-state index in [1.807, 2.05) is 0 Å². The highest BCUT2D eigenvalue weighted by molar-refractivity contribution is 7.89. The molecule has 3 N–H and O–H groups in total. The molecule has 1 atom stereocenters. The van der Waals surface area contributed by atoms with E-state index in [4.69, 9.17) is 5.11 Å². The molecule has 1 aromatic heterocycles. The van der Waals surface area contributed by atoms with Gasteiger partial charge in [0.05, 0.1) is 11.0 Å². The van der Waals surface area contributed by atoms with Crippen LogP contribution in [0.25, 0.3) is 0 Å². The van der Waals surface area contributed by atoms with Crippen LogP contribution in [0.3, 0.4) is 0 Å². The first-order chi connectivity index (χ1) is 7.86. The Labute approximate surface area is 103 Å². The number of thiophene rings is 1. The van der Waals surface area contributed by atoms with Crippen LogP contribution < -0.4 is 4.72 Å². The van der Waals surface area contributed by atoms with Gasteiger partial charge in [-0.25, -0.2) is 17.9 Å². The lowest BCUT2D eigenvalue weighted by Gasteiger charge is -2.08. The Bertz CT molecular complexity index is 493. The van der Waals surface area contributed by atoms with Gasteiger partial charge < -0.3 is 10.2 Å². The summed E-state index contributed by atoms with van der Waals surface area (Å²) in [7, 11) is -3.74. The minimum Gasteiger partial charge on any atom is -0.477 e. The summed E-state index contributed by atoms with van der Waals surface area (Å²) in [6, 6.07) is 1.09. The van der Waals surface area contributed by atoms with Gasteiger partial charge in [-0.3, -0.25) is 0 Å². The number of carboxylic acids is 1. The van der Waals surface area contributed by atoms with Crippen LogP contribution in [0, 0.1) is 0 Å². The van der Waals surface area contributed by atoms with Crippen molar-refractivity contribution in [1.29, 1.82) is 0 Å². The van der Waals surface area contributed by atoms with E-state index < -0.39 is 22.1 Å². The van der Waals surface area contributed by atoms with E-state index in [2.05, 4.69) is 4.72 Å². The van der Waals surface area contributed by atoms with Crippen LogP contribution in [0.2, 0.25) is 0 Å². The van der Waals surface area contributed by atoms with Crippen LogP contribution in [-0.4, -0.2) is 37.2 Å². The lowest BCUT2D eigenvalue weighted by Crippen LogP contribution is -2.31. The molecule has 1 unspecified atom stereocenters. The minimum absolute atomic E-state index is 0.0404. The van der Waals surface area contributed by atoms with Crippen molar-refractivity contribution in [3.8, 4) is 0 Å². The summed E-state index contributed by atoms with van der Waals surface area (Å²) < 4.78 is 25.6. The van der Waals surface area contributed by atoms with Gasteiger partial charge in [0.1, 0.15) is 4.88 Å². The fraction of sp³-hybridized carbons (Fsp3) is 0.444. The van der Waals surface area contributed by atoms with Crippen molar-refractivity contribution >= 4 is 27.3 Å². The van der Waals surface area contributed by atoms with E-state index in [0.29, 0.717) is 6.42 Å². The Morgan fingerprint density at radius 1 is 1.59 bits per heavy atom. The third-order valence-electron chi connectivity index (χ3n) is 2.08. The van der Waals surface area contributed by atoms with Crippen LogP contribution in [-0.2, 0) is 10.0 Å². The number of aliphatic hydroxyl groups excluding tert-OH is 1. The van der Waals surface area contributed by atoms with Crippen molar-refractivity contribution in [3.05, 3.63) is 16.3 Å². The molecular formula is C9H13NO5S2. The van der Waals surface area contributed by atoms with Crippen molar-refractivity contribution in [3.63, 3.8) is 0 Å². The SMILES string of the molecule is CCC(O)CNS(=O)(=O)c1csc(C(=O)O)c1. The van der Waals surface area contributed by atoms with E-state index >= 15 is 0 Å². The van der Waals surface area contributed by atoms with Crippen LogP contribution >= 0.6 is 11.3 Å². The van der Waals surface area contributed by atoms with Crippen molar-refractivity contribution in [1.82, 2.24) is 4.72 Å². The van der Waals surface area contributed by atoms with E-state index in [9.17, 15) is 18.3 Å². The van der Waals surface area contributed by atoms with Crippen LogP contribution in [0.15, 0.2) is 16.3 Å². The molecule has 6 nitrogen and oxygen atoms in total. The highest BCUT2D eigenvalue weighted by Gasteiger charge is 2.19. The topological polar surface area (TPSA) is 104 Å². The first kappa shape index (κ1) is 14.1. The maximum absolute atomic E-state index is 11.7. The standard InChI is InChI=1S/C9H13NO5S2/c1-2-6(11)4-10-17(14,15)7-3-8(9(12)13)16-5-7/h3,5-6,10-11H,2,4H2,1H3,(H,12,13). The molecular weight excluding hydrogens is 266 g/mol. The lowest BCUT2D eigenvalue weighted by atomic mass is 10.3. The average Bonchev–Trinajstić information content (AvgIpc) is 2.76. The first-order valence-electron chi connectivity index (χ1n) is 4.86. The van der Waals surface area contributed by atoms with E-state index in [1.54, 1.807) is 6.92 Å². The van der Waals surface area contributed by atoms with Gasteiger partial charge in [0, 0.05) is 11.9 Å². The van der Waals surface area contributed by atoms with Gasteiger partial charge >= 0.3 is 5.97 Å². The molecule has 0 aliphatic rings. The molecule has 0 saturated heterocycles. The predicted octanol–water partition coefficient (Wildman–Crippen LogP) is 0.496. The zero-order chi connectivity index (χ0) is 13.1. The highest BCUT2D eigenvalue weighted by Crippen LogP contribution is 2.19. The van der Waals surface area contributed by atoms with E-state index in [1.165, 1.54) is 5.38 Å². The Kier molecular flexibility index (Phi) is 4.63. The number of hydrogen-bond donors (Lipinski definition) is 3. The quantitative estimate of drug-likeness (QED) is 0.703. The number of sulfonamides is 1. The molecule has 0 bridgehead atoms. The van der Waals surface area contributed by atoms with Crippen LogP contribution in [0.5, 0.6) is 0 Å². The normalized spacial score (nSPS) is 13.5. The summed E-state index contributed by atoms with van der Waals surface area (Å²) in [4.78, 5) is 10.5. The summed E-state index contributed by atoms with van der Waals surface area (Å²) in [5.74, 6) is -1.16. The fourth-order valence-electron chi connectivity index (χ4n) is 1.01. The molecule has 1 heterocycles. The smallest absolute Gasteiger partial charge is 0.345 e. The summed E-state index contributed by atoms with van der Waals surface area (Å²) >= 11 is 0.843. The number of aliphatic hydroxyl groups is 1. The van der Waals surface area contributed by atoms with Crippen molar-refractivity contribution < 1.29 is 23.4 Å². The summed E-state index contributed by atoms with van der Waals surface area (Å²) in [6.45, 7) is 1.64. The number of nitrogens with one attached hydrogen (secondary N) is 1. The molecule has 0 fully saturated rings. The lowest BCUT2D eigenvalue weighted by molar-refractivity contribution is 0.0702. The zero-order valence-corrected chi connectivity index (χ0v) is 10.7. The molecule has 0 radical (unpaired) electrons. The van der Waals surface area contributed by atoms with Gasteiger partial charge in [-0.2, -0.15) is 0 Å². The van der Waals surface area contributed by atoms with Gasteiger partial charge in [0.25, 0.3) is 0 Å². The monoisotopic (exact) mass is 279 g/mol. The molecule has 0 aliphatic carbocycles. The maximum Gasteiger partial charge on any atom is 0.345 e. The third kappa shape index (κ3) is 3.77. The zero-order valence-electron chi connectivity index (χ0n) is 9.08. The van der Waals surface area contributed by atoms with E-state index in [0.717, 1.165) is 17.4 Å². The molecule has 1 aromatic rings. The second-order valence-electron chi connectivity index (χ2n) is 3.37. The largest absolute Gasteiger partial charge is 0.477 e. The van der Waals surface area contributed by atoms with E-state index in [-0.39, 0.29) is 16.3 Å². The second kappa shape index (κ2) is 5.58. The number of hydrogen-bond acceptors (Lipinski definition) is 5. The van der Waals surface area contributed by atoms with Gasteiger partial charge in [-0.1, -0.05) is 6.92 Å². The third-order valence-corrected chi connectivity index (χ3v) is 4.55. The Hall–Kier alpha value is -0.960. The van der Waals surface area contributed by atoms with Crippen molar-refractivity contribution in [2.75, 3.05) is 6.54 Å². The first-order valence-corrected chi connectivity index (χ1v) is 7.22. The molecule has 0 aliphatic heterocycles. The molecule has 8 heteroatoms. The number of aromatic carboxylic acids is 1. The number of carbonyl (C=O) groups is 1. The van der Waals surface area contributed by atoms with Gasteiger partial charge in [-0.15, -0.1) is 11.3 Å². The highest BCUT2D eigenvalue weighted by atomic mass is 32.2. The molecule has 96 valence electrons. The maximum atomic E-state index is 11.7. The molecule has 0 spiro atoms. The van der Waals surface area contributed by atoms with Crippen LogP contribution in [0.1, 0.15) is 23.0 Å². The van der Waals surface area contributed by atoms with Crippen LogP contribution in [0.4, 0.5) is 0 Å². The number of rotatable bonds is 6. The Balaban J connectivity index is 2.79. The molecule has 0 saturated carbocycles. The van der Waals surface area contributed by atoms with Gasteiger partial charge in [0.2, 0.25) is 10.0 Å². The minimum atomic E-state index is -3.74. The summed E-state index contributed by atoms with van der Waals surface area (Å²) in [5, 5.41) is 19.2. The van der Waals surface area contributed by atoms with Crippen molar-refractivity contribution in [2.24, 2.45) is 0 Å². The van der Waals surface area contributed by atoms with Gasteiger partial charge in [0.15, 0.2) is 0 Å². The summed E-state index contributed by atoms with van der Waals surface area (Å²) in [5.41, 5.74) is 0.